The van der Waals surface area contributed by atoms with Gasteiger partial charge in [-0.2, -0.15) is 0 Å². The molecule has 0 saturated carbocycles. The number of halogens is 1. The second kappa shape index (κ2) is 4.72. The first kappa shape index (κ1) is 10.7. The quantitative estimate of drug-likeness (QED) is 0.772. The van der Waals surface area contributed by atoms with Gasteiger partial charge in [-0.1, -0.05) is 12.1 Å². The number of rotatable bonds is 4. The second-order valence-corrected chi connectivity index (χ2v) is 3.27. The predicted octanol–water partition coefficient (Wildman–Crippen LogP) is 0.743. The summed E-state index contributed by atoms with van der Waals surface area (Å²) in [6, 6.07) is 6.28. The fourth-order valence-corrected chi connectivity index (χ4v) is 1.27. The molecular weight excluding hydrogens is 183 g/mol. The molecule has 0 aliphatic rings. The molecule has 0 saturated heterocycles. The maximum atomic E-state index is 12.8. The molecule has 1 rings (SSSR count). The van der Waals surface area contributed by atoms with E-state index in [1.165, 1.54) is 12.1 Å². The summed E-state index contributed by atoms with van der Waals surface area (Å²) >= 11 is 0. The van der Waals surface area contributed by atoms with Gasteiger partial charge in [0.25, 0.3) is 0 Å². The molecule has 0 aromatic heterocycles. The van der Waals surface area contributed by atoms with Crippen molar-refractivity contribution < 1.29 is 9.18 Å². The average Bonchev–Trinajstić information content (AvgIpc) is 2.01. The molecule has 3 nitrogen and oxygen atoms in total. The van der Waals surface area contributed by atoms with E-state index >= 15 is 0 Å². The number of nitrogens with two attached hydrogens (primary N) is 1. The molecule has 0 spiro atoms. The minimum absolute atomic E-state index is 0.177. The molecule has 76 valence electrons. The van der Waals surface area contributed by atoms with Crippen LogP contribution in [0.4, 0.5) is 4.39 Å². The summed E-state index contributed by atoms with van der Waals surface area (Å²) in [7, 11) is 1.76. The third-order valence-corrected chi connectivity index (χ3v) is 1.77. The normalized spacial score (nSPS) is 10.5. The van der Waals surface area contributed by atoms with E-state index in [2.05, 4.69) is 0 Å². The molecule has 1 aromatic rings. The van der Waals surface area contributed by atoms with Gasteiger partial charge < -0.3 is 5.73 Å². The highest BCUT2D eigenvalue weighted by molar-refractivity contribution is 5.75. The molecule has 1 aromatic carbocycles. The fraction of sp³-hybridized carbons (Fsp3) is 0.300. The fourth-order valence-electron chi connectivity index (χ4n) is 1.27. The third kappa shape index (κ3) is 3.53. The first-order valence-electron chi connectivity index (χ1n) is 4.29. The summed E-state index contributed by atoms with van der Waals surface area (Å²) in [5.41, 5.74) is 5.85. The van der Waals surface area contributed by atoms with Crippen LogP contribution in [0.15, 0.2) is 24.3 Å². The number of nitrogens with zero attached hydrogens (tertiary/aromatic N) is 1. The number of amides is 1. The summed E-state index contributed by atoms with van der Waals surface area (Å²) in [4.78, 5) is 12.3. The van der Waals surface area contributed by atoms with Crippen LogP contribution in [0.1, 0.15) is 5.56 Å². The van der Waals surface area contributed by atoms with Gasteiger partial charge in [0.1, 0.15) is 5.82 Å². The van der Waals surface area contributed by atoms with E-state index in [1.807, 2.05) is 0 Å². The highest BCUT2D eigenvalue weighted by atomic mass is 19.1. The Labute approximate surface area is 82.3 Å². The van der Waals surface area contributed by atoms with Gasteiger partial charge in [0.2, 0.25) is 5.91 Å². The largest absolute Gasteiger partial charge is 0.369 e. The topological polar surface area (TPSA) is 46.3 Å². The van der Waals surface area contributed by atoms with Gasteiger partial charge >= 0.3 is 0 Å². The molecule has 4 heteroatoms. The number of primary amides is 1. The number of benzene rings is 1. The summed E-state index contributed by atoms with van der Waals surface area (Å²) in [5, 5.41) is 0. The number of likely N-dealkylation sites (N-methyl/N-ethyl adjacent to an activating group) is 1. The van der Waals surface area contributed by atoms with Crippen LogP contribution in [0.5, 0.6) is 0 Å². The van der Waals surface area contributed by atoms with Crippen molar-refractivity contribution in [3.05, 3.63) is 35.6 Å². The molecule has 0 fully saturated rings. The van der Waals surface area contributed by atoms with Crippen LogP contribution < -0.4 is 5.73 Å². The van der Waals surface area contributed by atoms with Gasteiger partial charge in [-0.15, -0.1) is 0 Å². The van der Waals surface area contributed by atoms with Crippen molar-refractivity contribution in [1.29, 1.82) is 0 Å². The zero-order valence-electron chi connectivity index (χ0n) is 8.03. The van der Waals surface area contributed by atoms with Crippen molar-refractivity contribution in [3.8, 4) is 0 Å². The lowest BCUT2D eigenvalue weighted by molar-refractivity contribution is -0.118. The molecule has 2 N–H and O–H groups in total. The van der Waals surface area contributed by atoms with E-state index in [0.29, 0.717) is 6.54 Å². The van der Waals surface area contributed by atoms with Crippen LogP contribution in [0.25, 0.3) is 0 Å². The Morgan fingerprint density at radius 1 is 1.57 bits per heavy atom. The molecule has 0 atom stereocenters. The zero-order chi connectivity index (χ0) is 10.6. The molecule has 1 amide bonds. The Morgan fingerprint density at radius 3 is 2.86 bits per heavy atom. The second-order valence-electron chi connectivity index (χ2n) is 3.27. The highest BCUT2D eigenvalue weighted by Gasteiger charge is 2.03. The monoisotopic (exact) mass is 196 g/mol. The van der Waals surface area contributed by atoms with Gasteiger partial charge in [-0.05, 0) is 24.7 Å². The van der Waals surface area contributed by atoms with Crippen molar-refractivity contribution in [2.45, 2.75) is 6.54 Å². The molecule has 0 bridgehead atoms. The van der Waals surface area contributed by atoms with Gasteiger partial charge in [0.15, 0.2) is 0 Å². The van der Waals surface area contributed by atoms with Gasteiger partial charge in [-0.3, -0.25) is 9.69 Å². The summed E-state index contributed by atoms with van der Waals surface area (Å²) in [5.74, 6) is -0.654. The van der Waals surface area contributed by atoms with Crippen LogP contribution in [0.2, 0.25) is 0 Å². The van der Waals surface area contributed by atoms with Crippen LogP contribution >= 0.6 is 0 Å². The van der Waals surface area contributed by atoms with Crippen molar-refractivity contribution in [1.82, 2.24) is 4.90 Å². The Bertz CT molecular complexity index is 328. The summed E-state index contributed by atoms with van der Waals surface area (Å²) in [6.07, 6.45) is 0. The first-order valence-corrected chi connectivity index (χ1v) is 4.29. The molecule has 0 aliphatic carbocycles. The van der Waals surface area contributed by atoms with Crippen LogP contribution in [0.3, 0.4) is 0 Å². The number of hydrogen-bond acceptors (Lipinski definition) is 2. The van der Waals surface area contributed by atoms with Crippen LogP contribution in [0, 0.1) is 5.82 Å². The number of carbonyl (C=O) groups excluding carboxylic acids is 1. The predicted molar refractivity (Wildman–Crippen MR) is 51.9 cm³/mol. The maximum Gasteiger partial charge on any atom is 0.231 e. The highest BCUT2D eigenvalue weighted by Crippen LogP contribution is 2.05. The first-order chi connectivity index (χ1) is 6.58. The molecular formula is C10H13FN2O. The van der Waals surface area contributed by atoms with E-state index in [1.54, 1.807) is 24.1 Å². The Morgan fingerprint density at radius 2 is 2.29 bits per heavy atom. The van der Waals surface area contributed by atoms with Crippen molar-refractivity contribution in [3.63, 3.8) is 0 Å². The Hall–Kier alpha value is -1.42. The summed E-state index contributed by atoms with van der Waals surface area (Å²) < 4.78 is 12.8. The van der Waals surface area contributed by atoms with Gasteiger partial charge in [-0.25, -0.2) is 4.39 Å². The minimum atomic E-state index is -0.385. The molecule has 0 unspecified atom stereocenters. The molecule has 0 heterocycles. The number of hydrogen-bond donors (Lipinski definition) is 1. The third-order valence-electron chi connectivity index (χ3n) is 1.77. The maximum absolute atomic E-state index is 12.8. The van der Waals surface area contributed by atoms with Crippen molar-refractivity contribution >= 4 is 5.91 Å². The van der Waals surface area contributed by atoms with Crippen LogP contribution in [-0.4, -0.2) is 24.4 Å². The lowest BCUT2D eigenvalue weighted by Crippen LogP contribution is -2.30. The van der Waals surface area contributed by atoms with Gasteiger partial charge in [0, 0.05) is 6.54 Å². The standard InChI is InChI=1S/C10H13FN2O/c1-13(7-10(12)14)6-8-3-2-4-9(11)5-8/h2-5H,6-7H2,1H3,(H2,12,14). The zero-order valence-corrected chi connectivity index (χ0v) is 8.03. The lowest BCUT2D eigenvalue weighted by atomic mass is 10.2. The summed E-state index contributed by atoms with van der Waals surface area (Å²) in [6.45, 7) is 0.692. The SMILES string of the molecule is CN(CC(N)=O)Cc1cccc(F)c1. The van der Waals surface area contributed by atoms with Crippen LogP contribution in [-0.2, 0) is 11.3 Å². The van der Waals surface area contributed by atoms with Crippen molar-refractivity contribution in [2.75, 3.05) is 13.6 Å². The number of carbonyl (C=O) groups is 1. The average molecular weight is 196 g/mol. The van der Waals surface area contributed by atoms with E-state index in [-0.39, 0.29) is 18.3 Å². The molecule has 0 radical (unpaired) electrons. The van der Waals surface area contributed by atoms with Gasteiger partial charge in [0.05, 0.1) is 6.54 Å². The Balaban J connectivity index is 2.55. The van der Waals surface area contributed by atoms with E-state index in [9.17, 15) is 9.18 Å². The smallest absolute Gasteiger partial charge is 0.231 e. The lowest BCUT2D eigenvalue weighted by Gasteiger charge is -2.14. The molecule has 14 heavy (non-hydrogen) atoms. The van der Waals surface area contributed by atoms with E-state index in [4.69, 9.17) is 5.73 Å². The van der Waals surface area contributed by atoms with E-state index < -0.39 is 0 Å². The molecule has 0 aliphatic heterocycles. The van der Waals surface area contributed by atoms with E-state index in [0.717, 1.165) is 5.56 Å². The van der Waals surface area contributed by atoms with Crippen molar-refractivity contribution in [2.24, 2.45) is 5.73 Å². The minimum Gasteiger partial charge on any atom is -0.369 e. The Kier molecular flexibility index (Phi) is 3.59.